The maximum atomic E-state index is 13.0. The first kappa shape index (κ1) is 14.2. The van der Waals surface area contributed by atoms with Crippen LogP contribution in [0.4, 0.5) is 0 Å². The smallest absolute Gasteiger partial charge is 0.255 e. The highest BCUT2D eigenvalue weighted by Crippen LogP contribution is 2.27. The van der Waals surface area contributed by atoms with Gasteiger partial charge in [0.25, 0.3) is 5.91 Å². The van der Waals surface area contributed by atoms with Gasteiger partial charge in [0, 0.05) is 36.1 Å². The summed E-state index contributed by atoms with van der Waals surface area (Å²) in [6.45, 7) is 7.97. The summed E-state index contributed by atoms with van der Waals surface area (Å²) in [7, 11) is 1.94. The second-order valence-electron chi connectivity index (χ2n) is 6.47. The molecule has 0 aliphatic rings. The molecule has 1 aromatic carbocycles. The van der Waals surface area contributed by atoms with E-state index in [0.717, 1.165) is 21.9 Å². The zero-order valence-electron chi connectivity index (χ0n) is 15.3. The third kappa shape index (κ3) is 2.48. The van der Waals surface area contributed by atoms with Gasteiger partial charge in [-0.15, -0.1) is 0 Å². The van der Waals surface area contributed by atoms with Crippen molar-refractivity contribution in [2.75, 3.05) is 0 Å². The quantitative estimate of drug-likeness (QED) is 0.734. The fourth-order valence-electron chi connectivity index (χ4n) is 3.26. The largest absolute Gasteiger partial charge is 0.334 e. The minimum absolute atomic E-state index is 0.0696. The van der Waals surface area contributed by atoms with Crippen LogP contribution in [-0.2, 0) is 7.05 Å². The maximum Gasteiger partial charge on any atom is 0.255 e. The summed E-state index contributed by atoms with van der Waals surface area (Å²) >= 11 is 0. The van der Waals surface area contributed by atoms with Gasteiger partial charge in [0.1, 0.15) is 5.65 Å². The van der Waals surface area contributed by atoms with Crippen LogP contribution in [0, 0.1) is 0 Å². The predicted octanol–water partition coefficient (Wildman–Crippen LogP) is 3.99. The van der Waals surface area contributed by atoms with Crippen molar-refractivity contribution in [2.24, 2.45) is 7.05 Å². The molecule has 4 heteroatoms. The van der Waals surface area contributed by atoms with E-state index in [1.807, 2.05) is 63.6 Å². The Morgan fingerprint density at radius 2 is 1.83 bits per heavy atom. The first-order chi connectivity index (χ1) is 11.3. The molecular weight excluding hydrogens is 286 g/mol. The Hall–Kier alpha value is -2.36. The van der Waals surface area contributed by atoms with Crippen LogP contribution in [0.3, 0.4) is 0 Å². The summed E-state index contributed by atoms with van der Waals surface area (Å²) in [6.07, 6.45) is 1.55. The molecule has 1 amide bonds. The van der Waals surface area contributed by atoms with Crippen molar-refractivity contribution in [1.82, 2.24) is 14.5 Å². The number of fused-ring (bicyclic) bond motifs is 3. The predicted molar refractivity (Wildman–Crippen MR) is 94.7 cm³/mol. The molecule has 23 heavy (non-hydrogen) atoms. The number of benzene rings is 1. The molecule has 0 N–H and O–H groups in total. The average molecular weight is 310 g/mol. The van der Waals surface area contributed by atoms with Crippen LogP contribution in [-0.4, -0.2) is 32.4 Å². The van der Waals surface area contributed by atoms with Gasteiger partial charge in [-0.3, -0.25) is 4.79 Å². The van der Waals surface area contributed by atoms with Gasteiger partial charge in [-0.05, 0) is 39.8 Å². The topological polar surface area (TPSA) is 38.1 Å². The standard InChI is InChI=1S/C19H23N3O/c1-12(2)22(13(3)4)19(23)14-10-16-15-8-6-7-9-17(15)21(5)18(16)20-11-14/h6-13H,1-5H3/i10D. The van der Waals surface area contributed by atoms with Crippen molar-refractivity contribution >= 4 is 27.8 Å². The number of carbonyl (C=O) groups is 1. The van der Waals surface area contributed by atoms with Gasteiger partial charge < -0.3 is 9.47 Å². The van der Waals surface area contributed by atoms with E-state index in [0.29, 0.717) is 5.56 Å². The van der Waals surface area contributed by atoms with Crippen molar-refractivity contribution in [3.8, 4) is 0 Å². The number of pyridine rings is 1. The molecule has 0 atom stereocenters. The molecule has 0 saturated carbocycles. The highest BCUT2D eigenvalue weighted by Gasteiger charge is 2.22. The Morgan fingerprint density at radius 1 is 1.17 bits per heavy atom. The van der Waals surface area contributed by atoms with E-state index in [9.17, 15) is 4.79 Å². The van der Waals surface area contributed by atoms with E-state index in [4.69, 9.17) is 1.37 Å². The molecule has 0 spiro atoms. The zero-order chi connectivity index (χ0) is 17.6. The molecule has 0 bridgehead atoms. The van der Waals surface area contributed by atoms with Crippen molar-refractivity contribution in [1.29, 1.82) is 0 Å². The molecule has 120 valence electrons. The van der Waals surface area contributed by atoms with E-state index in [-0.39, 0.29) is 24.0 Å². The molecule has 0 saturated heterocycles. The van der Waals surface area contributed by atoms with Crippen LogP contribution in [0.25, 0.3) is 21.9 Å². The summed E-state index contributed by atoms with van der Waals surface area (Å²) in [5, 5.41) is 1.70. The second kappa shape index (κ2) is 5.69. The number of hydrogen-bond acceptors (Lipinski definition) is 2. The van der Waals surface area contributed by atoms with Gasteiger partial charge in [-0.25, -0.2) is 4.98 Å². The lowest BCUT2D eigenvalue weighted by Crippen LogP contribution is -2.42. The monoisotopic (exact) mass is 310 g/mol. The highest BCUT2D eigenvalue weighted by atomic mass is 16.2. The second-order valence-corrected chi connectivity index (χ2v) is 6.47. The molecule has 2 heterocycles. The highest BCUT2D eigenvalue weighted by molar-refractivity contribution is 6.09. The summed E-state index contributed by atoms with van der Waals surface area (Å²) < 4.78 is 10.6. The van der Waals surface area contributed by atoms with Crippen molar-refractivity contribution in [3.63, 3.8) is 0 Å². The third-order valence-electron chi connectivity index (χ3n) is 4.23. The molecule has 0 aliphatic heterocycles. The Kier molecular flexibility index (Phi) is 3.52. The fraction of sp³-hybridized carbons (Fsp3) is 0.368. The van der Waals surface area contributed by atoms with E-state index >= 15 is 0 Å². The number of rotatable bonds is 3. The van der Waals surface area contributed by atoms with Gasteiger partial charge in [0.2, 0.25) is 0 Å². The lowest BCUT2D eigenvalue weighted by atomic mass is 10.1. The zero-order valence-corrected chi connectivity index (χ0v) is 14.3. The first-order valence-corrected chi connectivity index (χ1v) is 8.00. The van der Waals surface area contributed by atoms with Gasteiger partial charge >= 0.3 is 0 Å². The molecule has 3 rings (SSSR count). The Morgan fingerprint density at radius 3 is 2.48 bits per heavy atom. The summed E-state index contributed by atoms with van der Waals surface area (Å²) in [4.78, 5) is 19.3. The van der Waals surface area contributed by atoms with E-state index < -0.39 is 0 Å². The molecule has 0 unspecified atom stereocenters. The molecule has 0 fully saturated rings. The molecule has 0 aliphatic carbocycles. The number of nitrogens with zero attached hydrogens (tertiary/aromatic N) is 3. The normalized spacial score (nSPS) is 12.4. The van der Waals surface area contributed by atoms with Crippen molar-refractivity contribution < 1.29 is 6.17 Å². The van der Waals surface area contributed by atoms with Crippen LogP contribution in [0.5, 0.6) is 0 Å². The number of aromatic nitrogens is 2. The maximum absolute atomic E-state index is 13.0. The minimum atomic E-state index is -0.132. The number of para-hydroxylation sites is 1. The van der Waals surface area contributed by atoms with Crippen LogP contribution in [0.1, 0.15) is 39.4 Å². The number of aryl methyl sites for hydroxylation is 1. The minimum Gasteiger partial charge on any atom is -0.334 e. The van der Waals surface area contributed by atoms with Gasteiger partial charge in [0.05, 0.1) is 12.5 Å². The van der Waals surface area contributed by atoms with Crippen LogP contribution in [0.2, 0.25) is 0 Å². The Balaban J connectivity index is 2.26. The third-order valence-corrected chi connectivity index (χ3v) is 4.23. The number of hydrogen-bond donors (Lipinski definition) is 0. The number of amides is 1. The average Bonchev–Trinajstić information content (AvgIpc) is 2.81. The fourth-order valence-corrected chi connectivity index (χ4v) is 3.26. The van der Waals surface area contributed by atoms with Crippen LogP contribution in [0.15, 0.2) is 36.5 Å². The van der Waals surface area contributed by atoms with E-state index in [2.05, 4.69) is 4.98 Å². The summed E-state index contributed by atoms with van der Waals surface area (Å²) in [6, 6.07) is 8.30. The molecule has 4 nitrogen and oxygen atoms in total. The number of carbonyl (C=O) groups excluding carboxylic acids is 1. The van der Waals surface area contributed by atoms with Crippen LogP contribution < -0.4 is 0 Å². The Bertz CT molecular complexity index is 919. The van der Waals surface area contributed by atoms with Gasteiger partial charge in [-0.2, -0.15) is 0 Å². The van der Waals surface area contributed by atoms with Crippen LogP contribution >= 0.6 is 0 Å². The molecular formula is C19H23N3O. The SMILES string of the molecule is [2H]c1c(C(=O)N(C(C)C)C(C)C)cnc2c1c1ccccc1n2C. The molecule has 2 aromatic heterocycles. The van der Waals surface area contributed by atoms with E-state index in [1.165, 1.54) is 0 Å². The summed E-state index contributed by atoms with van der Waals surface area (Å²) in [5.41, 5.74) is 2.11. The molecule has 3 aromatic rings. The Labute approximate surface area is 138 Å². The van der Waals surface area contributed by atoms with Crippen molar-refractivity contribution in [3.05, 3.63) is 42.1 Å². The summed E-state index contributed by atoms with van der Waals surface area (Å²) in [5.74, 6) is -0.132. The van der Waals surface area contributed by atoms with Crippen molar-refractivity contribution in [2.45, 2.75) is 39.8 Å². The van der Waals surface area contributed by atoms with Gasteiger partial charge in [0.15, 0.2) is 0 Å². The molecule has 0 radical (unpaired) electrons. The van der Waals surface area contributed by atoms with E-state index in [1.54, 1.807) is 11.1 Å². The lowest BCUT2D eigenvalue weighted by Gasteiger charge is -2.30. The first-order valence-electron chi connectivity index (χ1n) is 8.50. The van der Waals surface area contributed by atoms with Gasteiger partial charge in [-0.1, -0.05) is 18.2 Å². The lowest BCUT2D eigenvalue weighted by molar-refractivity contribution is 0.0643.